The molecule has 0 fully saturated rings. The van der Waals surface area contributed by atoms with Crippen molar-refractivity contribution in [2.75, 3.05) is 6.16 Å². The van der Waals surface area contributed by atoms with E-state index in [0.717, 1.165) is 12.8 Å². The van der Waals surface area contributed by atoms with Crippen LogP contribution in [0.15, 0.2) is 0 Å². The second kappa shape index (κ2) is 23.5. The van der Waals surface area contributed by atoms with Crippen LogP contribution in [0.3, 0.4) is 0 Å². The Balaban J connectivity index is 0. The molecule has 0 aromatic heterocycles. The van der Waals surface area contributed by atoms with E-state index in [0.29, 0.717) is 6.42 Å². The summed E-state index contributed by atoms with van der Waals surface area (Å²) < 4.78 is 12.0. The summed E-state index contributed by atoms with van der Waals surface area (Å²) in [5.41, 5.74) is 0. The first kappa shape index (κ1) is 28.7. The molecular weight excluding hydrogens is 463 g/mol. The van der Waals surface area contributed by atoms with E-state index in [2.05, 4.69) is 13.8 Å². The molecule has 151 valence electrons. The third-order valence-electron chi connectivity index (χ3n) is 4.33. The second-order valence-electron chi connectivity index (χ2n) is 7.09. The van der Waals surface area contributed by atoms with E-state index in [1.165, 1.54) is 124 Å². The van der Waals surface area contributed by atoms with Gasteiger partial charge < -0.3 is 9.79 Å². The van der Waals surface area contributed by atoms with Gasteiger partial charge in [-0.05, 0) is 6.42 Å². The Kier molecular flexibility index (Phi) is 27.0. The number of hydrogen-bond acceptors (Lipinski definition) is 1. The minimum atomic E-state index is -3.73. The minimum absolute atomic E-state index is 0.0575. The Bertz CT molecular complexity index is 274. The average molecular weight is 508 g/mol. The molecule has 0 bridgehead atoms. The Morgan fingerprint density at radius 2 is 0.920 bits per heavy atom. The van der Waals surface area contributed by atoms with Gasteiger partial charge in [0.05, 0.1) is 0 Å². The Hall–Kier alpha value is 1.50. The fourth-order valence-electron chi connectivity index (χ4n) is 2.71. The first-order chi connectivity index (χ1) is 12.0. The Morgan fingerprint density at radius 1 is 0.600 bits per heavy atom. The van der Waals surface area contributed by atoms with Crippen LogP contribution in [-0.4, -0.2) is 15.9 Å². The molecule has 0 heterocycles. The topological polar surface area (TPSA) is 57.5 Å². The first-order valence-electron chi connectivity index (χ1n) is 10.7. The summed E-state index contributed by atoms with van der Waals surface area (Å²) >= 11 is 1.41. The van der Waals surface area contributed by atoms with E-state index >= 15 is 0 Å². The molecule has 0 aromatic rings. The SMILES string of the molecule is CCCCCCCCCCP(=O)(O)O.CCCCCCCCC[CH2][Nd]. The third kappa shape index (κ3) is 33.5. The normalized spacial score (nSPS) is 11.2. The van der Waals surface area contributed by atoms with Gasteiger partial charge in [-0.25, -0.2) is 0 Å². The fraction of sp³-hybridized carbons (Fsp3) is 1.00. The van der Waals surface area contributed by atoms with E-state index in [9.17, 15) is 4.57 Å². The van der Waals surface area contributed by atoms with Gasteiger partial charge in [0.25, 0.3) is 0 Å². The van der Waals surface area contributed by atoms with E-state index in [-0.39, 0.29) is 6.16 Å². The Labute approximate surface area is 184 Å². The van der Waals surface area contributed by atoms with Gasteiger partial charge in [0.1, 0.15) is 0 Å². The van der Waals surface area contributed by atoms with E-state index < -0.39 is 7.60 Å². The van der Waals surface area contributed by atoms with Crippen molar-refractivity contribution >= 4 is 7.60 Å². The molecule has 0 saturated carbocycles. The summed E-state index contributed by atoms with van der Waals surface area (Å²) in [7, 11) is -3.73. The molecule has 0 aromatic carbocycles. The van der Waals surface area contributed by atoms with Crippen LogP contribution < -0.4 is 0 Å². The van der Waals surface area contributed by atoms with Crippen LogP contribution in [0.4, 0.5) is 0 Å². The van der Waals surface area contributed by atoms with E-state index in [4.69, 9.17) is 9.79 Å². The van der Waals surface area contributed by atoms with Crippen LogP contribution in [0.2, 0.25) is 2.07 Å². The van der Waals surface area contributed by atoms with Gasteiger partial charge in [-0.3, -0.25) is 4.57 Å². The molecule has 0 spiro atoms. The third-order valence-corrected chi connectivity index (χ3v) is 6.37. The fourth-order valence-corrected chi connectivity index (χ4v) is 4.15. The molecular formula is C20H44NdO3P. The van der Waals surface area contributed by atoms with Crippen molar-refractivity contribution in [3.63, 3.8) is 0 Å². The van der Waals surface area contributed by atoms with Crippen LogP contribution in [0.25, 0.3) is 0 Å². The van der Waals surface area contributed by atoms with Crippen LogP contribution in [0, 0.1) is 38.8 Å². The molecule has 5 heteroatoms. The van der Waals surface area contributed by atoms with Gasteiger partial charge in [0.15, 0.2) is 0 Å². The van der Waals surface area contributed by atoms with Gasteiger partial charge in [-0.15, -0.1) is 0 Å². The van der Waals surface area contributed by atoms with Crippen molar-refractivity contribution in [2.45, 2.75) is 119 Å². The summed E-state index contributed by atoms with van der Waals surface area (Å²) in [5, 5.41) is 0. The summed E-state index contributed by atoms with van der Waals surface area (Å²) in [4.78, 5) is 17.2. The number of hydrogen-bond donors (Lipinski definition) is 2. The molecule has 0 aliphatic heterocycles. The van der Waals surface area contributed by atoms with Crippen molar-refractivity contribution in [2.24, 2.45) is 0 Å². The Morgan fingerprint density at radius 3 is 1.24 bits per heavy atom. The van der Waals surface area contributed by atoms with Crippen molar-refractivity contribution < 1.29 is 53.1 Å². The molecule has 0 rings (SSSR count). The average Bonchev–Trinajstić information content (AvgIpc) is 2.56. The van der Waals surface area contributed by atoms with Crippen molar-refractivity contribution in [1.29, 1.82) is 0 Å². The quantitative estimate of drug-likeness (QED) is 0.159. The molecule has 0 unspecified atom stereocenters. The molecule has 0 atom stereocenters. The molecule has 25 heavy (non-hydrogen) atoms. The van der Waals surface area contributed by atoms with E-state index in [1.54, 1.807) is 0 Å². The van der Waals surface area contributed by atoms with E-state index in [1.807, 2.05) is 0 Å². The zero-order valence-electron chi connectivity index (χ0n) is 17.0. The van der Waals surface area contributed by atoms with Crippen molar-refractivity contribution in [3.8, 4) is 0 Å². The van der Waals surface area contributed by atoms with Crippen molar-refractivity contribution in [3.05, 3.63) is 0 Å². The molecule has 2 N–H and O–H groups in total. The molecule has 0 aliphatic rings. The molecule has 0 amide bonds. The zero-order valence-corrected chi connectivity index (χ0v) is 21.1. The summed E-state index contributed by atoms with van der Waals surface area (Å²) in [5.74, 6) is 0. The van der Waals surface area contributed by atoms with Crippen LogP contribution in [-0.2, 0) is 4.57 Å². The molecule has 3 nitrogen and oxygen atoms in total. The predicted octanol–water partition coefficient (Wildman–Crippen LogP) is 7.40. The number of unbranched alkanes of at least 4 members (excludes halogenated alkanes) is 14. The monoisotopic (exact) mass is 505 g/mol. The first-order valence-corrected chi connectivity index (χ1v) is 14.7. The summed E-state index contributed by atoms with van der Waals surface area (Å²) in [6, 6.07) is 0. The summed E-state index contributed by atoms with van der Waals surface area (Å²) in [6.07, 6.45) is 20.9. The maximum atomic E-state index is 10.5. The van der Waals surface area contributed by atoms with Crippen LogP contribution >= 0.6 is 7.60 Å². The van der Waals surface area contributed by atoms with Gasteiger partial charge in [-0.2, -0.15) is 0 Å². The molecule has 0 saturated heterocycles. The van der Waals surface area contributed by atoms with Gasteiger partial charge in [0, 0.05) is 6.16 Å². The van der Waals surface area contributed by atoms with Gasteiger partial charge >= 0.3 is 107 Å². The standard InChI is InChI=1S/C10H23O3P.C10H21.Nd/c1-2-3-4-5-6-7-8-9-10-14(11,12)13;1-3-5-7-9-10-8-6-4-2;/h2-10H2,1H3,(H2,11,12,13);1,3-10H2,2H3;. The maximum absolute atomic E-state index is 10.5. The van der Waals surface area contributed by atoms with Crippen molar-refractivity contribution in [1.82, 2.24) is 0 Å². The zero-order chi connectivity index (χ0) is 19.2. The summed E-state index contributed by atoms with van der Waals surface area (Å²) in [6.45, 7) is 4.47. The predicted molar refractivity (Wildman–Crippen MR) is 107 cm³/mol. The van der Waals surface area contributed by atoms with Crippen LogP contribution in [0.1, 0.15) is 117 Å². The number of rotatable bonds is 17. The molecule has 0 radical (unpaired) electrons. The van der Waals surface area contributed by atoms with Gasteiger partial charge in [0.2, 0.25) is 0 Å². The van der Waals surface area contributed by atoms with Gasteiger partial charge in [-0.1, -0.05) is 51.9 Å². The second-order valence-corrected chi connectivity index (χ2v) is 10.5. The molecule has 0 aliphatic carbocycles. The van der Waals surface area contributed by atoms with Crippen LogP contribution in [0.5, 0.6) is 0 Å².